The first-order valence-electron chi connectivity index (χ1n) is 9.77. The van der Waals surface area contributed by atoms with Crippen LogP contribution < -0.4 is 16.0 Å². The quantitative estimate of drug-likeness (QED) is 0.455. The Morgan fingerprint density at radius 2 is 1.65 bits per heavy atom. The van der Waals surface area contributed by atoms with Crippen molar-refractivity contribution in [2.45, 2.75) is 19.4 Å². The number of halogens is 1. The molecule has 2 amide bonds. The average Bonchev–Trinajstić information content (AvgIpc) is 2.77. The van der Waals surface area contributed by atoms with Gasteiger partial charge >= 0.3 is 0 Å². The van der Waals surface area contributed by atoms with Crippen molar-refractivity contribution < 1.29 is 9.59 Å². The summed E-state index contributed by atoms with van der Waals surface area (Å²) in [6.07, 6.45) is 0.776. The predicted octanol–water partition coefficient (Wildman–Crippen LogP) is 4.72. The van der Waals surface area contributed by atoms with Crippen LogP contribution in [0.1, 0.15) is 27.9 Å². The fraction of sp³-hybridized carbons (Fsp3) is 0.125. The molecule has 7 heteroatoms. The second-order valence-corrected chi connectivity index (χ2v) is 7.66. The molecule has 3 rings (SSSR count). The first-order valence-corrected chi connectivity index (χ1v) is 10.6. The summed E-state index contributed by atoms with van der Waals surface area (Å²) in [5.41, 5.74) is 3.04. The van der Waals surface area contributed by atoms with Gasteiger partial charge in [0.15, 0.2) is 5.11 Å². The van der Waals surface area contributed by atoms with Crippen LogP contribution >= 0.6 is 23.8 Å². The van der Waals surface area contributed by atoms with Crippen LogP contribution in [0.5, 0.6) is 0 Å². The standard InChI is InChI=1S/C24H22ClN3O2S/c25-21-12-5-4-9-18(21)13-14-22(29)28-24(31)27-20-11-6-10-19(15-20)23(30)26-16-17-7-2-1-3-8-17/h1-12,15H,13-14,16H2,(H,26,30)(H2,27,28,29,31). The minimum Gasteiger partial charge on any atom is -0.348 e. The van der Waals surface area contributed by atoms with Crippen molar-refractivity contribution in [1.29, 1.82) is 0 Å². The summed E-state index contributed by atoms with van der Waals surface area (Å²) in [6.45, 7) is 0.442. The number of hydrogen-bond acceptors (Lipinski definition) is 3. The molecule has 0 aliphatic rings. The van der Waals surface area contributed by atoms with Crippen LogP contribution in [-0.4, -0.2) is 16.9 Å². The Balaban J connectivity index is 1.49. The molecule has 0 aliphatic heterocycles. The van der Waals surface area contributed by atoms with Crippen molar-refractivity contribution in [2.24, 2.45) is 0 Å². The molecule has 0 saturated carbocycles. The van der Waals surface area contributed by atoms with Crippen molar-refractivity contribution in [3.05, 3.63) is 101 Å². The molecule has 0 aliphatic carbocycles. The summed E-state index contributed by atoms with van der Waals surface area (Å²) in [7, 11) is 0. The van der Waals surface area contributed by atoms with Gasteiger partial charge in [-0.05, 0) is 54.0 Å². The monoisotopic (exact) mass is 451 g/mol. The highest BCUT2D eigenvalue weighted by molar-refractivity contribution is 7.80. The van der Waals surface area contributed by atoms with E-state index in [1.165, 1.54) is 0 Å². The molecule has 5 nitrogen and oxygen atoms in total. The van der Waals surface area contributed by atoms with E-state index in [9.17, 15) is 9.59 Å². The molecule has 0 aromatic heterocycles. The number of hydrogen-bond donors (Lipinski definition) is 3. The van der Waals surface area contributed by atoms with Crippen molar-refractivity contribution in [3.8, 4) is 0 Å². The number of benzene rings is 3. The lowest BCUT2D eigenvalue weighted by atomic mass is 10.1. The lowest BCUT2D eigenvalue weighted by Gasteiger charge is -2.11. The van der Waals surface area contributed by atoms with Gasteiger partial charge in [-0.15, -0.1) is 0 Å². The van der Waals surface area contributed by atoms with E-state index >= 15 is 0 Å². The Morgan fingerprint density at radius 3 is 2.42 bits per heavy atom. The maximum absolute atomic E-state index is 12.4. The molecule has 0 saturated heterocycles. The maximum Gasteiger partial charge on any atom is 0.251 e. The van der Waals surface area contributed by atoms with E-state index in [0.29, 0.717) is 29.2 Å². The molecule has 0 atom stereocenters. The highest BCUT2D eigenvalue weighted by atomic mass is 35.5. The molecule has 31 heavy (non-hydrogen) atoms. The Morgan fingerprint density at radius 1 is 0.903 bits per heavy atom. The van der Waals surface area contributed by atoms with Crippen molar-refractivity contribution in [3.63, 3.8) is 0 Å². The first-order chi connectivity index (χ1) is 15.0. The Bertz CT molecular complexity index is 1070. The number of carbonyl (C=O) groups is 2. The number of rotatable bonds is 7. The zero-order valence-electron chi connectivity index (χ0n) is 16.7. The molecule has 158 valence electrons. The highest BCUT2D eigenvalue weighted by Crippen LogP contribution is 2.16. The minimum atomic E-state index is -0.214. The zero-order chi connectivity index (χ0) is 22.1. The van der Waals surface area contributed by atoms with Gasteiger partial charge in [0, 0.05) is 29.2 Å². The Hall–Kier alpha value is -3.22. The van der Waals surface area contributed by atoms with Crippen LogP contribution in [0.15, 0.2) is 78.9 Å². The van der Waals surface area contributed by atoms with Crippen LogP contribution in [-0.2, 0) is 17.8 Å². The molecule has 3 N–H and O–H groups in total. The fourth-order valence-corrected chi connectivity index (χ4v) is 3.38. The maximum atomic E-state index is 12.4. The molecule has 0 heterocycles. The predicted molar refractivity (Wildman–Crippen MR) is 128 cm³/mol. The van der Waals surface area contributed by atoms with Gasteiger partial charge in [0.2, 0.25) is 5.91 Å². The van der Waals surface area contributed by atoms with E-state index in [-0.39, 0.29) is 23.3 Å². The van der Waals surface area contributed by atoms with Crippen LogP contribution in [0.25, 0.3) is 0 Å². The van der Waals surface area contributed by atoms with Crippen LogP contribution in [0.2, 0.25) is 5.02 Å². The lowest BCUT2D eigenvalue weighted by molar-refractivity contribution is -0.119. The molecule has 0 spiro atoms. The van der Waals surface area contributed by atoms with Gasteiger partial charge in [-0.1, -0.05) is 66.2 Å². The third kappa shape index (κ3) is 7.20. The van der Waals surface area contributed by atoms with Crippen LogP contribution in [0.4, 0.5) is 5.69 Å². The number of carbonyl (C=O) groups excluding carboxylic acids is 2. The number of nitrogens with one attached hydrogen (secondary N) is 3. The summed E-state index contributed by atoms with van der Waals surface area (Å²) < 4.78 is 0. The van der Waals surface area contributed by atoms with Gasteiger partial charge in [0.25, 0.3) is 5.91 Å². The van der Waals surface area contributed by atoms with E-state index in [0.717, 1.165) is 11.1 Å². The molecule has 0 radical (unpaired) electrons. The Labute approximate surface area is 191 Å². The van der Waals surface area contributed by atoms with E-state index in [1.54, 1.807) is 30.3 Å². The smallest absolute Gasteiger partial charge is 0.251 e. The Kier molecular flexibility index (Phi) is 8.15. The molecule has 3 aromatic rings. The first kappa shape index (κ1) is 22.5. The largest absolute Gasteiger partial charge is 0.348 e. The summed E-state index contributed by atoms with van der Waals surface area (Å²) in [4.78, 5) is 24.6. The summed E-state index contributed by atoms with van der Waals surface area (Å²) in [5, 5.41) is 9.29. The van der Waals surface area contributed by atoms with E-state index < -0.39 is 0 Å². The fourth-order valence-electron chi connectivity index (χ4n) is 2.92. The summed E-state index contributed by atoms with van der Waals surface area (Å²) in [5.74, 6) is -0.406. The van der Waals surface area contributed by atoms with E-state index in [2.05, 4.69) is 16.0 Å². The number of anilines is 1. The van der Waals surface area contributed by atoms with Gasteiger partial charge in [0.05, 0.1) is 0 Å². The molecular weight excluding hydrogens is 430 g/mol. The molecule has 3 aromatic carbocycles. The second kappa shape index (κ2) is 11.2. The topological polar surface area (TPSA) is 70.2 Å². The molecular formula is C24H22ClN3O2S. The van der Waals surface area contributed by atoms with Crippen LogP contribution in [0.3, 0.4) is 0 Å². The van der Waals surface area contributed by atoms with Gasteiger partial charge in [-0.25, -0.2) is 0 Å². The zero-order valence-corrected chi connectivity index (χ0v) is 18.3. The van der Waals surface area contributed by atoms with Crippen molar-refractivity contribution in [2.75, 3.05) is 5.32 Å². The number of amides is 2. The number of thiocarbonyl (C=S) groups is 1. The van der Waals surface area contributed by atoms with Gasteiger partial charge in [-0.2, -0.15) is 0 Å². The van der Waals surface area contributed by atoms with E-state index in [4.69, 9.17) is 23.8 Å². The van der Waals surface area contributed by atoms with Crippen molar-refractivity contribution >= 4 is 46.4 Å². The second-order valence-electron chi connectivity index (χ2n) is 6.84. The van der Waals surface area contributed by atoms with Gasteiger partial charge in [0.1, 0.15) is 0 Å². The summed E-state index contributed by atoms with van der Waals surface area (Å²) >= 11 is 11.3. The van der Waals surface area contributed by atoms with E-state index in [1.807, 2.05) is 48.5 Å². The minimum absolute atomic E-state index is 0.172. The molecule has 0 bridgehead atoms. The summed E-state index contributed by atoms with van der Waals surface area (Å²) in [6, 6.07) is 24.0. The SMILES string of the molecule is O=C(CCc1ccccc1Cl)NC(=S)Nc1cccc(C(=O)NCc2ccccc2)c1. The van der Waals surface area contributed by atoms with Gasteiger partial charge < -0.3 is 16.0 Å². The highest BCUT2D eigenvalue weighted by Gasteiger charge is 2.09. The lowest BCUT2D eigenvalue weighted by Crippen LogP contribution is -2.34. The van der Waals surface area contributed by atoms with Crippen LogP contribution in [0, 0.1) is 0 Å². The third-order valence-electron chi connectivity index (χ3n) is 4.51. The van der Waals surface area contributed by atoms with Gasteiger partial charge in [-0.3, -0.25) is 9.59 Å². The van der Waals surface area contributed by atoms with Crippen molar-refractivity contribution in [1.82, 2.24) is 10.6 Å². The third-order valence-corrected chi connectivity index (χ3v) is 5.08. The average molecular weight is 452 g/mol. The normalized spacial score (nSPS) is 10.2. The molecule has 0 unspecified atom stereocenters. The number of aryl methyl sites for hydroxylation is 1. The molecule has 0 fully saturated rings.